The van der Waals surface area contributed by atoms with E-state index in [1.54, 1.807) is 19.2 Å². The Hall–Kier alpha value is -0.770. The van der Waals surface area contributed by atoms with E-state index in [0.717, 1.165) is 11.1 Å². The summed E-state index contributed by atoms with van der Waals surface area (Å²) in [6.45, 7) is 3.76. The second-order valence-electron chi connectivity index (χ2n) is 4.01. The number of hydrogen-bond donors (Lipinski definition) is 1. The summed E-state index contributed by atoms with van der Waals surface area (Å²) < 4.78 is 10.9. The van der Waals surface area contributed by atoms with Crippen molar-refractivity contribution in [1.82, 2.24) is 0 Å². The lowest BCUT2D eigenvalue weighted by atomic mass is 9.92. The molecule has 0 amide bonds. The largest absolute Gasteiger partial charge is 0.496 e. The van der Waals surface area contributed by atoms with Gasteiger partial charge in [0.15, 0.2) is 0 Å². The van der Waals surface area contributed by atoms with Crippen molar-refractivity contribution in [2.45, 2.75) is 32.2 Å². The molecule has 0 spiro atoms. The third-order valence-corrected chi connectivity index (χ3v) is 3.31. The van der Waals surface area contributed by atoms with Crippen LogP contribution in [0.2, 0.25) is 5.02 Å². The Bertz CT molecular complexity index is 405. The van der Waals surface area contributed by atoms with Crippen LogP contribution in [0.4, 0.5) is 0 Å². The van der Waals surface area contributed by atoms with Crippen molar-refractivity contribution in [1.29, 1.82) is 0 Å². The number of aliphatic hydroxyl groups is 1. The van der Waals surface area contributed by atoms with Gasteiger partial charge in [-0.1, -0.05) is 11.6 Å². The molecule has 0 saturated carbocycles. The highest BCUT2D eigenvalue weighted by molar-refractivity contribution is 6.31. The van der Waals surface area contributed by atoms with Crippen LogP contribution in [0.3, 0.4) is 0 Å². The molecule has 0 aromatic heterocycles. The second-order valence-corrected chi connectivity index (χ2v) is 4.41. The Morgan fingerprint density at radius 3 is 2.62 bits per heavy atom. The Balaban J connectivity index is 2.63. The van der Waals surface area contributed by atoms with E-state index in [4.69, 9.17) is 21.1 Å². The molecule has 1 N–H and O–H groups in total. The van der Waals surface area contributed by atoms with E-state index in [2.05, 4.69) is 0 Å². The first-order valence-corrected chi connectivity index (χ1v) is 5.63. The third-order valence-electron chi connectivity index (χ3n) is 2.98. The van der Waals surface area contributed by atoms with Crippen molar-refractivity contribution in [2.75, 3.05) is 7.11 Å². The van der Waals surface area contributed by atoms with Crippen LogP contribution in [0.25, 0.3) is 0 Å². The van der Waals surface area contributed by atoms with E-state index in [9.17, 15) is 5.11 Å². The van der Waals surface area contributed by atoms with E-state index >= 15 is 0 Å². The Morgan fingerprint density at radius 2 is 2.00 bits per heavy atom. The zero-order valence-corrected chi connectivity index (χ0v) is 10.3. The highest BCUT2D eigenvalue weighted by atomic mass is 35.5. The van der Waals surface area contributed by atoms with Crippen molar-refractivity contribution < 1.29 is 14.6 Å². The van der Waals surface area contributed by atoms with Gasteiger partial charge >= 0.3 is 0 Å². The lowest BCUT2D eigenvalue weighted by Gasteiger charge is -2.34. The van der Waals surface area contributed by atoms with Crippen LogP contribution < -0.4 is 4.74 Å². The molecule has 0 unspecified atom stereocenters. The molecule has 16 heavy (non-hydrogen) atoms. The molecule has 4 heteroatoms. The summed E-state index contributed by atoms with van der Waals surface area (Å²) in [6.07, 6.45) is -1.08. The fraction of sp³-hybridized carbons (Fsp3) is 0.500. The fourth-order valence-corrected chi connectivity index (χ4v) is 2.46. The molecule has 1 aromatic rings. The predicted octanol–water partition coefficient (Wildman–Crippen LogP) is 2.86. The highest BCUT2D eigenvalue weighted by Gasteiger charge is 2.33. The maximum Gasteiger partial charge on any atom is 0.125 e. The van der Waals surface area contributed by atoms with Gasteiger partial charge in [0, 0.05) is 16.1 Å². The number of fused-ring (bicyclic) bond motifs is 1. The SMILES string of the molecule is COc1ccc(Cl)c2c1[C@H](C)O[C@@H](C)[C@@H]2O. The monoisotopic (exact) mass is 242 g/mol. The van der Waals surface area contributed by atoms with Gasteiger partial charge in [0.1, 0.15) is 11.9 Å². The summed E-state index contributed by atoms with van der Waals surface area (Å²) in [7, 11) is 1.60. The topological polar surface area (TPSA) is 38.7 Å². The first-order chi connectivity index (χ1) is 7.56. The molecule has 1 aliphatic rings. The van der Waals surface area contributed by atoms with E-state index in [1.165, 1.54) is 0 Å². The number of halogens is 1. The molecule has 1 aliphatic heterocycles. The molecule has 0 saturated heterocycles. The van der Waals surface area contributed by atoms with Crippen molar-refractivity contribution >= 4 is 11.6 Å². The molecule has 1 heterocycles. The third kappa shape index (κ3) is 1.69. The molecule has 2 rings (SSSR count). The Kier molecular flexibility index (Phi) is 3.10. The maximum absolute atomic E-state index is 10.1. The summed E-state index contributed by atoms with van der Waals surface area (Å²) in [6, 6.07) is 3.54. The van der Waals surface area contributed by atoms with Crippen LogP contribution in [0.5, 0.6) is 5.75 Å². The van der Waals surface area contributed by atoms with E-state index in [-0.39, 0.29) is 12.2 Å². The van der Waals surface area contributed by atoms with Gasteiger partial charge in [-0.3, -0.25) is 0 Å². The van der Waals surface area contributed by atoms with Gasteiger partial charge in [0.2, 0.25) is 0 Å². The summed E-state index contributed by atoms with van der Waals surface area (Å²) in [5.41, 5.74) is 1.58. The first-order valence-electron chi connectivity index (χ1n) is 5.26. The smallest absolute Gasteiger partial charge is 0.125 e. The minimum atomic E-state index is -0.700. The lowest BCUT2D eigenvalue weighted by Crippen LogP contribution is -2.28. The molecule has 3 atom stereocenters. The number of rotatable bonds is 1. The van der Waals surface area contributed by atoms with E-state index in [0.29, 0.717) is 10.8 Å². The highest BCUT2D eigenvalue weighted by Crippen LogP contribution is 2.44. The number of benzene rings is 1. The minimum absolute atomic E-state index is 0.123. The van der Waals surface area contributed by atoms with E-state index in [1.807, 2.05) is 13.8 Å². The normalized spacial score (nSPS) is 28.7. The number of aliphatic hydroxyl groups excluding tert-OH is 1. The number of ether oxygens (including phenoxy) is 2. The molecule has 0 fully saturated rings. The molecule has 3 nitrogen and oxygen atoms in total. The van der Waals surface area contributed by atoms with Crippen molar-refractivity contribution in [3.63, 3.8) is 0 Å². The fourth-order valence-electron chi connectivity index (χ4n) is 2.19. The Morgan fingerprint density at radius 1 is 1.31 bits per heavy atom. The van der Waals surface area contributed by atoms with Crippen molar-refractivity contribution in [3.8, 4) is 5.75 Å². The second kappa shape index (κ2) is 4.24. The molecular formula is C12H15ClO3. The van der Waals surface area contributed by atoms with Crippen LogP contribution in [0, 0.1) is 0 Å². The molecule has 88 valence electrons. The van der Waals surface area contributed by atoms with Gasteiger partial charge < -0.3 is 14.6 Å². The molecular weight excluding hydrogens is 228 g/mol. The zero-order valence-electron chi connectivity index (χ0n) is 9.53. The molecule has 0 radical (unpaired) electrons. The van der Waals surface area contributed by atoms with Gasteiger partial charge in [-0.15, -0.1) is 0 Å². The van der Waals surface area contributed by atoms with Crippen molar-refractivity contribution in [2.24, 2.45) is 0 Å². The summed E-state index contributed by atoms with van der Waals surface area (Å²) in [5, 5.41) is 10.6. The number of methoxy groups -OCH3 is 1. The molecule has 0 aliphatic carbocycles. The molecule has 1 aromatic carbocycles. The van der Waals surface area contributed by atoms with Crippen LogP contribution in [-0.4, -0.2) is 18.3 Å². The molecule has 0 bridgehead atoms. The predicted molar refractivity (Wildman–Crippen MR) is 61.9 cm³/mol. The quantitative estimate of drug-likeness (QED) is 0.823. The van der Waals surface area contributed by atoms with Crippen molar-refractivity contribution in [3.05, 3.63) is 28.3 Å². The summed E-state index contributed by atoms with van der Waals surface area (Å²) >= 11 is 6.13. The van der Waals surface area contributed by atoms with Crippen LogP contribution >= 0.6 is 11.6 Å². The maximum atomic E-state index is 10.1. The Labute approximate surface area is 99.9 Å². The van der Waals surface area contributed by atoms with Gasteiger partial charge in [-0.05, 0) is 26.0 Å². The van der Waals surface area contributed by atoms with Gasteiger partial charge in [0.05, 0.1) is 19.3 Å². The average Bonchev–Trinajstić information content (AvgIpc) is 2.25. The first kappa shape index (κ1) is 11.7. The standard InChI is InChI=1S/C12H15ClO3/c1-6-10-9(15-3)5-4-8(13)11(10)12(14)7(2)16-6/h4-7,12,14H,1-3H3/t6-,7-,12-/m0/s1. The minimum Gasteiger partial charge on any atom is -0.496 e. The zero-order chi connectivity index (χ0) is 11.9. The van der Waals surface area contributed by atoms with E-state index < -0.39 is 6.10 Å². The van der Waals surface area contributed by atoms with Gasteiger partial charge in [-0.2, -0.15) is 0 Å². The summed E-state index contributed by atoms with van der Waals surface area (Å²) in [5.74, 6) is 0.706. The van der Waals surface area contributed by atoms with Crippen LogP contribution in [-0.2, 0) is 4.74 Å². The summed E-state index contributed by atoms with van der Waals surface area (Å²) in [4.78, 5) is 0. The lowest BCUT2D eigenvalue weighted by molar-refractivity contribution is -0.0815. The average molecular weight is 243 g/mol. The van der Waals surface area contributed by atoms with Gasteiger partial charge in [0.25, 0.3) is 0 Å². The van der Waals surface area contributed by atoms with Crippen LogP contribution in [0.15, 0.2) is 12.1 Å². The van der Waals surface area contributed by atoms with Crippen LogP contribution in [0.1, 0.15) is 37.2 Å². The van der Waals surface area contributed by atoms with Gasteiger partial charge in [-0.25, -0.2) is 0 Å². The number of hydrogen-bond acceptors (Lipinski definition) is 3.